The standard InChI is InChI=1S/C26H21Cl2N4O2S/c1-17-29-13-14-32(17,24-16-30-26(31-24)25-22(27)7-4-8-23(25)28)20-11-9-18(10-12-20)19-5-3-6-21(15-19)35(2,33)34/h3-16H,1-2H3,(H,30,31)/q+1. The van der Waals surface area contributed by atoms with Crippen molar-refractivity contribution in [1.29, 1.82) is 0 Å². The molecule has 1 N–H and O–H groups in total. The van der Waals surface area contributed by atoms with Gasteiger partial charge in [0.25, 0.3) is 5.82 Å². The van der Waals surface area contributed by atoms with Gasteiger partial charge in [-0.1, -0.05) is 41.4 Å². The highest BCUT2D eigenvalue weighted by molar-refractivity contribution is 7.90. The van der Waals surface area contributed by atoms with Crippen molar-refractivity contribution in [2.24, 2.45) is 4.99 Å². The van der Waals surface area contributed by atoms with Crippen LogP contribution in [0.15, 0.2) is 95.2 Å². The Kier molecular flexibility index (Phi) is 5.89. The molecule has 35 heavy (non-hydrogen) atoms. The van der Waals surface area contributed by atoms with Crippen molar-refractivity contribution >= 4 is 50.4 Å². The lowest BCUT2D eigenvalue weighted by molar-refractivity contribution is 0.602. The summed E-state index contributed by atoms with van der Waals surface area (Å²) in [4.78, 5) is 12.9. The zero-order chi connectivity index (χ0) is 24.8. The predicted molar refractivity (Wildman–Crippen MR) is 143 cm³/mol. The van der Waals surface area contributed by atoms with Crippen LogP contribution in [0.25, 0.3) is 22.5 Å². The van der Waals surface area contributed by atoms with E-state index in [4.69, 9.17) is 28.2 Å². The van der Waals surface area contributed by atoms with Crippen LogP contribution >= 0.6 is 23.2 Å². The van der Waals surface area contributed by atoms with E-state index in [0.29, 0.717) is 27.3 Å². The van der Waals surface area contributed by atoms with E-state index < -0.39 is 9.84 Å². The number of hydrogen-bond acceptors (Lipinski definition) is 4. The second-order valence-electron chi connectivity index (χ2n) is 8.25. The average molecular weight is 524 g/mol. The van der Waals surface area contributed by atoms with Gasteiger partial charge in [0, 0.05) is 25.3 Å². The van der Waals surface area contributed by atoms with E-state index >= 15 is 0 Å². The molecule has 1 unspecified atom stereocenters. The van der Waals surface area contributed by atoms with Crippen LogP contribution in [0.3, 0.4) is 0 Å². The second-order valence-corrected chi connectivity index (χ2v) is 11.1. The van der Waals surface area contributed by atoms with Crippen molar-refractivity contribution < 1.29 is 8.42 Å². The van der Waals surface area contributed by atoms with Gasteiger partial charge in [0.1, 0.15) is 17.7 Å². The van der Waals surface area contributed by atoms with Crippen LogP contribution in [0, 0.1) is 0 Å². The summed E-state index contributed by atoms with van der Waals surface area (Å²) in [6.07, 6.45) is 6.75. The summed E-state index contributed by atoms with van der Waals surface area (Å²) in [5.41, 5.74) is 3.29. The fourth-order valence-electron chi connectivity index (χ4n) is 4.23. The van der Waals surface area contributed by atoms with E-state index in [1.165, 1.54) is 6.26 Å². The molecule has 9 heteroatoms. The average Bonchev–Trinajstić information content (AvgIpc) is 3.46. The van der Waals surface area contributed by atoms with Gasteiger partial charge in [-0.05, 0) is 47.5 Å². The van der Waals surface area contributed by atoms with Crippen LogP contribution in [0.1, 0.15) is 6.92 Å². The number of rotatable bonds is 5. The highest BCUT2D eigenvalue weighted by Crippen LogP contribution is 2.41. The third-order valence-corrected chi connectivity index (χ3v) is 7.80. The molecule has 0 fully saturated rings. The number of hydrogen-bond donors (Lipinski definition) is 1. The smallest absolute Gasteiger partial charge is 0.262 e. The SMILES string of the molecule is CC1=NC=C[N+]1(c1ccc(-c2cccc(S(C)(=O)=O)c2)cc1)c1c[nH]c(-c2c(Cl)cccc2Cl)n1. The van der Waals surface area contributed by atoms with Crippen molar-refractivity contribution in [3.8, 4) is 22.5 Å². The molecule has 176 valence electrons. The van der Waals surface area contributed by atoms with Gasteiger partial charge >= 0.3 is 0 Å². The van der Waals surface area contributed by atoms with Crippen molar-refractivity contribution in [3.05, 3.63) is 95.4 Å². The number of benzene rings is 3. The Bertz CT molecular complexity index is 1590. The Morgan fingerprint density at radius 1 is 0.914 bits per heavy atom. The molecule has 4 aromatic rings. The van der Waals surface area contributed by atoms with Crippen LogP contribution in [0.4, 0.5) is 11.5 Å². The number of imidazole rings is 1. The number of aromatic nitrogens is 2. The molecule has 1 aromatic heterocycles. The minimum Gasteiger partial charge on any atom is -0.339 e. The first-order valence-corrected chi connectivity index (χ1v) is 13.4. The number of halogens is 2. The van der Waals surface area contributed by atoms with Crippen molar-refractivity contribution in [2.75, 3.05) is 6.26 Å². The largest absolute Gasteiger partial charge is 0.339 e. The topological polar surface area (TPSA) is 75.2 Å². The summed E-state index contributed by atoms with van der Waals surface area (Å²) < 4.78 is 24.1. The Labute approximate surface area is 213 Å². The molecule has 0 bridgehead atoms. The number of nitrogens with zero attached hydrogens (tertiary/aromatic N) is 3. The molecule has 1 aliphatic heterocycles. The van der Waals surface area contributed by atoms with Crippen LogP contribution in [0.5, 0.6) is 0 Å². The lowest BCUT2D eigenvalue weighted by Gasteiger charge is -2.27. The van der Waals surface area contributed by atoms with Gasteiger partial charge in [-0.15, -0.1) is 0 Å². The molecule has 0 amide bonds. The Balaban J connectivity index is 1.57. The number of quaternary nitrogens is 1. The van der Waals surface area contributed by atoms with Crippen LogP contribution in [-0.4, -0.2) is 30.5 Å². The summed E-state index contributed by atoms with van der Waals surface area (Å²) in [6, 6.07) is 20.2. The van der Waals surface area contributed by atoms with E-state index in [1.54, 1.807) is 42.6 Å². The molecular weight excluding hydrogens is 503 g/mol. The fourth-order valence-corrected chi connectivity index (χ4v) is 5.47. The van der Waals surface area contributed by atoms with Crippen molar-refractivity contribution in [3.63, 3.8) is 0 Å². The van der Waals surface area contributed by atoms with Crippen molar-refractivity contribution in [2.45, 2.75) is 11.8 Å². The van der Waals surface area contributed by atoms with Gasteiger partial charge < -0.3 is 4.98 Å². The van der Waals surface area contributed by atoms with E-state index in [0.717, 1.165) is 22.6 Å². The molecular formula is C26H21Cl2N4O2S+. The molecule has 0 saturated carbocycles. The summed E-state index contributed by atoms with van der Waals surface area (Å²) in [5, 5.41) is 1.01. The summed E-state index contributed by atoms with van der Waals surface area (Å²) >= 11 is 12.8. The van der Waals surface area contributed by atoms with Gasteiger partial charge in [-0.3, -0.25) is 0 Å². The Morgan fingerprint density at radius 3 is 2.23 bits per heavy atom. The lowest BCUT2D eigenvalue weighted by atomic mass is 10.0. The molecule has 0 aliphatic carbocycles. The highest BCUT2D eigenvalue weighted by atomic mass is 35.5. The van der Waals surface area contributed by atoms with E-state index in [2.05, 4.69) is 9.98 Å². The number of aromatic amines is 1. The maximum atomic E-state index is 12.0. The summed E-state index contributed by atoms with van der Waals surface area (Å²) in [7, 11) is -3.29. The first kappa shape index (κ1) is 23.5. The number of aliphatic imine (C=N–C) groups is 1. The zero-order valence-corrected chi connectivity index (χ0v) is 21.2. The molecule has 1 aliphatic rings. The normalized spacial score (nSPS) is 17.5. The lowest BCUT2D eigenvalue weighted by Crippen LogP contribution is -2.41. The van der Waals surface area contributed by atoms with Crippen molar-refractivity contribution in [1.82, 2.24) is 14.5 Å². The molecule has 0 saturated heterocycles. The fraction of sp³-hybridized carbons (Fsp3) is 0.0769. The third-order valence-electron chi connectivity index (χ3n) is 6.06. The minimum absolute atomic E-state index is 0.197. The molecule has 3 aromatic carbocycles. The second kappa shape index (κ2) is 8.77. The molecule has 6 nitrogen and oxygen atoms in total. The highest BCUT2D eigenvalue weighted by Gasteiger charge is 2.40. The monoisotopic (exact) mass is 523 g/mol. The Hall–Kier alpha value is -3.23. The maximum Gasteiger partial charge on any atom is 0.262 e. The number of amidine groups is 1. The van der Waals surface area contributed by atoms with Crippen LogP contribution in [0.2, 0.25) is 10.0 Å². The summed E-state index contributed by atoms with van der Waals surface area (Å²) in [5.74, 6) is 2.09. The maximum absolute atomic E-state index is 12.0. The Morgan fingerprint density at radius 2 is 1.60 bits per heavy atom. The third kappa shape index (κ3) is 4.10. The van der Waals surface area contributed by atoms with E-state index in [1.807, 2.05) is 49.7 Å². The van der Waals surface area contributed by atoms with Crippen LogP contribution < -0.4 is 4.48 Å². The van der Waals surface area contributed by atoms with E-state index in [-0.39, 0.29) is 9.38 Å². The number of H-pyrrole nitrogens is 1. The summed E-state index contributed by atoms with van der Waals surface area (Å²) in [6.45, 7) is 1.94. The molecule has 1 atom stereocenters. The quantitative estimate of drug-likeness (QED) is 0.286. The molecule has 2 heterocycles. The number of sulfone groups is 1. The minimum atomic E-state index is -3.29. The van der Waals surface area contributed by atoms with E-state index in [9.17, 15) is 8.42 Å². The molecule has 0 spiro atoms. The first-order chi connectivity index (χ1) is 16.7. The van der Waals surface area contributed by atoms with Gasteiger partial charge in [-0.25, -0.2) is 13.4 Å². The van der Waals surface area contributed by atoms with Gasteiger partial charge in [-0.2, -0.15) is 9.47 Å². The van der Waals surface area contributed by atoms with Crippen LogP contribution in [-0.2, 0) is 9.84 Å². The zero-order valence-electron chi connectivity index (χ0n) is 18.9. The molecule has 0 radical (unpaired) electrons. The predicted octanol–water partition coefficient (Wildman–Crippen LogP) is 7.00. The number of nitrogens with one attached hydrogen (secondary N) is 1. The van der Waals surface area contributed by atoms with Gasteiger partial charge in [0.15, 0.2) is 9.84 Å². The van der Waals surface area contributed by atoms with Gasteiger partial charge in [0.2, 0.25) is 5.84 Å². The first-order valence-electron chi connectivity index (χ1n) is 10.7. The molecule has 5 rings (SSSR count). The van der Waals surface area contributed by atoms with Gasteiger partial charge in [0.05, 0.1) is 32.9 Å².